The van der Waals surface area contributed by atoms with Crippen molar-refractivity contribution in [2.75, 3.05) is 7.05 Å². The smallest absolute Gasteiger partial charge is 0.258 e. The fourth-order valence-electron chi connectivity index (χ4n) is 2.58. The summed E-state index contributed by atoms with van der Waals surface area (Å²) in [6.07, 6.45) is 0. The number of para-hydroxylation sites is 1. The van der Waals surface area contributed by atoms with Crippen LogP contribution in [0, 0.1) is 0 Å². The highest BCUT2D eigenvalue weighted by atomic mass is 32.2. The van der Waals surface area contributed by atoms with E-state index < -0.39 is 0 Å². The molecular formula is C19H19N3O2S. The topological polar surface area (TPSA) is 66.1 Å². The lowest BCUT2D eigenvalue weighted by atomic mass is 10.2. The fourth-order valence-corrected chi connectivity index (χ4v) is 3.58. The molecule has 3 rings (SSSR count). The third kappa shape index (κ3) is 4.09. The van der Waals surface area contributed by atoms with Crippen molar-refractivity contribution >= 4 is 28.6 Å². The summed E-state index contributed by atoms with van der Waals surface area (Å²) in [5, 5.41) is 0.327. The number of rotatable bonds is 5. The van der Waals surface area contributed by atoms with Crippen LogP contribution in [0.5, 0.6) is 0 Å². The van der Waals surface area contributed by atoms with E-state index in [-0.39, 0.29) is 23.3 Å². The molecule has 2 aromatic carbocycles. The predicted molar refractivity (Wildman–Crippen MR) is 101 cm³/mol. The molecule has 5 nitrogen and oxygen atoms in total. The number of benzene rings is 2. The van der Waals surface area contributed by atoms with E-state index in [1.807, 2.05) is 43.3 Å². The molecule has 25 heavy (non-hydrogen) atoms. The quantitative estimate of drug-likeness (QED) is 0.716. The van der Waals surface area contributed by atoms with Crippen molar-refractivity contribution in [3.8, 4) is 0 Å². The lowest BCUT2D eigenvalue weighted by Crippen LogP contribution is -2.33. The number of aromatic nitrogens is 2. The van der Waals surface area contributed by atoms with Crippen LogP contribution in [0.4, 0.5) is 0 Å². The number of H-pyrrole nitrogens is 1. The third-order valence-corrected chi connectivity index (χ3v) is 4.93. The summed E-state index contributed by atoms with van der Waals surface area (Å²) < 4.78 is 0. The molecule has 0 spiro atoms. The molecule has 1 aromatic heterocycles. The first-order valence-corrected chi connectivity index (χ1v) is 8.87. The Morgan fingerprint density at radius 3 is 2.60 bits per heavy atom. The summed E-state index contributed by atoms with van der Waals surface area (Å²) in [5.74, 6) is 0.473. The van der Waals surface area contributed by atoms with Gasteiger partial charge in [0.05, 0.1) is 22.7 Å². The van der Waals surface area contributed by atoms with Crippen LogP contribution in [0.3, 0.4) is 0 Å². The summed E-state index contributed by atoms with van der Waals surface area (Å²) in [4.78, 5) is 34.6. The summed E-state index contributed by atoms with van der Waals surface area (Å²) in [6.45, 7) is 2.14. The van der Waals surface area contributed by atoms with Gasteiger partial charge >= 0.3 is 0 Å². The van der Waals surface area contributed by atoms with Gasteiger partial charge in [-0.1, -0.05) is 30.3 Å². The first kappa shape index (κ1) is 17.2. The lowest BCUT2D eigenvalue weighted by Gasteiger charge is -2.20. The summed E-state index contributed by atoms with van der Waals surface area (Å²) in [7, 11) is 1.72. The van der Waals surface area contributed by atoms with Crippen molar-refractivity contribution in [3.63, 3.8) is 0 Å². The van der Waals surface area contributed by atoms with Crippen LogP contribution < -0.4 is 5.56 Å². The number of aromatic amines is 1. The van der Waals surface area contributed by atoms with Gasteiger partial charge in [0.2, 0.25) is 5.91 Å². The van der Waals surface area contributed by atoms with Crippen molar-refractivity contribution in [3.05, 3.63) is 70.8 Å². The van der Waals surface area contributed by atoms with E-state index in [4.69, 9.17) is 0 Å². The monoisotopic (exact) mass is 353 g/mol. The maximum atomic E-state index is 12.6. The Morgan fingerprint density at radius 2 is 1.84 bits per heavy atom. The van der Waals surface area contributed by atoms with Crippen molar-refractivity contribution in [2.24, 2.45) is 0 Å². The third-order valence-electron chi connectivity index (χ3n) is 3.83. The number of nitrogens with zero attached hydrogens (tertiary/aromatic N) is 2. The van der Waals surface area contributed by atoms with Crippen LogP contribution in [-0.4, -0.2) is 33.1 Å². The van der Waals surface area contributed by atoms with E-state index in [9.17, 15) is 9.59 Å². The van der Waals surface area contributed by atoms with Gasteiger partial charge in [-0.3, -0.25) is 9.59 Å². The second-order valence-corrected chi connectivity index (χ2v) is 7.21. The van der Waals surface area contributed by atoms with E-state index >= 15 is 0 Å². The Hall–Kier alpha value is -2.60. The molecule has 6 heteroatoms. The Morgan fingerprint density at radius 1 is 1.16 bits per heavy atom. The highest BCUT2D eigenvalue weighted by molar-refractivity contribution is 8.00. The molecule has 128 valence electrons. The standard InChI is InChI=1S/C19H19N3O2S/c1-13(25-14-8-4-3-5-9-14)19(24)22(2)12-17-20-16-11-7-6-10-15(16)18(23)21-17/h3-11,13H,12H2,1-2H3,(H,20,21,23)/t13-/m0/s1. The first-order valence-electron chi connectivity index (χ1n) is 7.99. The lowest BCUT2D eigenvalue weighted by molar-refractivity contribution is -0.129. The number of thioether (sulfide) groups is 1. The zero-order valence-electron chi connectivity index (χ0n) is 14.1. The average molecular weight is 353 g/mol. The van der Waals surface area contributed by atoms with Gasteiger partial charge in [0, 0.05) is 11.9 Å². The van der Waals surface area contributed by atoms with E-state index in [1.54, 1.807) is 30.1 Å². The number of hydrogen-bond donors (Lipinski definition) is 1. The molecule has 0 aliphatic carbocycles. The number of carbonyl (C=O) groups is 1. The van der Waals surface area contributed by atoms with Crippen molar-refractivity contribution in [2.45, 2.75) is 23.6 Å². The first-order chi connectivity index (χ1) is 12.0. The maximum Gasteiger partial charge on any atom is 0.258 e. The number of hydrogen-bond acceptors (Lipinski definition) is 4. The predicted octanol–water partition coefficient (Wildman–Crippen LogP) is 3.06. The molecule has 1 N–H and O–H groups in total. The van der Waals surface area contributed by atoms with Gasteiger partial charge < -0.3 is 9.88 Å². The van der Waals surface area contributed by atoms with Crippen LogP contribution in [-0.2, 0) is 11.3 Å². The summed E-state index contributed by atoms with van der Waals surface area (Å²) in [6, 6.07) is 17.0. The minimum absolute atomic E-state index is 0.00957. The number of amides is 1. The van der Waals surface area contributed by atoms with Crippen LogP contribution in [0.25, 0.3) is 10.9 Å². The van der Waals surface area contributed by atoms with Crippen molar-refractivity contribution < 1.29 is 4.79 Å². The number of nitrogens with one attached hydrogen (secondary N) is 1. The van der Waals surface area contributed by atoms with Crippen LogP contribution in [0.2, 0.25) is 0 Å². The number of fused-ring (bicyclic) bond motifs is 1. The average Bonchev–Trinajstić information content (AvgIpc) is 2.62. The van der Waals surface area contributed by atoms with Crippen LogP contribution in [0.1, 0.15) is 12.7 Å². The normalized spacial score (nSPS) is 12.1. The molecule has 0 bridgehead atoms. The molecular weight excluding hydrogens is 334 g/mol. The van der Waals surface area contributed by atoms with E-state index in [0.717, 1.165) is 4.90 Å². The highest BCUT2D eigenvalue weighted by Gasteiger charge is 2.19. The Bertz CT molecular complexity index is 940. The van der Waals surface area contributed by atoms with Gasteiger partial charge in [0.15, 0.2) is 0 Å². The van der Waals surface area contributed by atoms with Crippen LogP contribution >= 0.6 is 11.8 Å². The second-order valence-electron chi connectivity index (χ2n) is 5.80. The minimum Gasteiger partial charge on any atom is -0.337 e. The second kappa shape index (κ2) is 7.53. The molecule has 0 saturated heterocycles. The zero-order chi connectivity index (χ0) is 17.8. The Kier molecular flexibility index (Phi) is 5.19. The molecule has 1 atom stereocenters. The molecule has 0 saturated carbocycles. The van der Waals surface area contributed by atoms with Crippen molar-refractivity contribution in [1.82, 2.24) is 14.9 Å². The Balaban J connectivity index is 1.72. The van der Waals surface area contributed by atoms with Gasteiger partial charge in [-0.25, -0.2) is 4.98 Å². The van der Waals surface area contributed by atoms with Crippen molar-refractivity contribution in [1.29, 1.82) is 0 Å². The molecule has 0 fully saturated rings. The molecule has 0 aliphatic rings. The van der Waals surface area contributed by atoms with Crippen LogP contribution in [0.15, 0.2) is 64.3 Å². The van der Waals surface area contributed by atoms with Gasteiger partial charge in [0.1, 0.15) is 5.82 Å². The minimum atomic E-state index is -0.223. The van der Waals surface area contributed by atoms with E-state index in [2.05, 4.69) is 9.97 Å². The molecule has 3 aromatic rings. The fraction of sp³-hybridized carbons (Fsp3) is 0.211. The molecule has 0 radical (unpaired) electrons. The van der Waals surface area contributed by atoms with Gasteiger partial charge in [-0.15, -0.1) is 11.8 Å². The van der Waals surface area contributed by atoms with E-state index in [0.29, 0.717) is 16.7 Å². The Labute approximate surface area is 150 Å². The highest BCUT2D eigenvalue weighted by Crippen LogP contribution is 2.24. The maximum absolute atomic E-state index is 12.6. The largest absolute Gasteiger partial charge is 0.337 e. The SMILES string of the molecule is C[C@H](Sc1ccccc1)C(=O)N(C)Cc1nc2ccccc2c(=O)[nH]1. The zero-order valence-corrected chi connectivity index (χ0v) is 14.9. The summed E-state index contributed by atoms with van der Waals surface area (Å²) >= 11 is 1.51. The van der Waals surface area contributed by atoms with E-state index in [1.165, 1.54) is 11.8 Å². The number of carbonyl (C=O) groups excluding carboxylic acids is 1. The molecule has 0 unspecified atom stereocenters. The molecule has 1 amide bonds. The summed E-state index contributed by atoms with van der Waals surface area (Å²) in [5.41, 5.74) is 0.446. The van der Waals surface area contributed by atoms with Gasteiger partial charge in [-0.05, 0) is 31.2 Å². The molecule has 0 aliphatic heterocycles. The van der Waals surface area contributed by atoms with Gasteiger partial charge in [0.25, 0.3) is 5.56 Å². The molecule has 1 heterocycles. The van der Waals surface area contributed by atoms with Gasteiger partial charge in [-0.2, -0.15) is 0 Å².